The number of para-hydroxylation sites is 1. The van der Waals surface area contributed by atoms with Crippen LogP contribution in [0.25, 0.3) is 0 Å². The molecule has 0 saturated carbocycles. The monoisotopic (exact) mass is 343 g/mol. The van der Waals surface area contributed by atoms with Crippen LogP contribution in [0.2, 0.25) is 0 Å². The zero-order chi connectivity index (χ0) is 17.7. The first-order valence-corrected chi connectivity index (χ1v) is 7.40. The fourth-order valence-corrected chi connectivity index (χ4v) is 2.24. The number of carbonyl (C=O) groups excluding carboxylic acids is 2. The van der Waals surface area contributed by atoms with Crippen LogP contribution in [0.1, 0.15) is 26.3 Å². The summed E-state index contributed by atoms with van der Waals surface area (Å²) in [4.78, 5) is 23.2. The number of thiocarbonyl (C=S) groups is 1. The smallest absolute Gasteiger partial charge is 0.261 e. The Morgan fingerprint density at radius 3 is 2.54 bits per heavy atom. The van der Waals surface area contributed by atoms with E-state index in [9.17, 15) is 14.7 Å². The van der Waals surface area contributed by atoms with Gasteiger partial charge in [-0.05, 0) is 48.5 Å². The number of benzene rings is 2. The highest BCUT2D eigenvalue weighted by molar-refractivity contribution is 7.80. The van der Waals surface area contributed by atoms with Crippen LogP contribution in [0.4, 0.5) is 5.69 Å². The molecule has 0 radical (unpaired) electrons. The number of aromatic carboxylic acids is 1. The van der Waals surface area contributed by atoms with Gasteiger partial charge in [-0.25, -0.2) is 0 Å². The number of carboxylic acids is 1. The Morgan fingerprint density at radius 2 is 1.88 bits per heavy atom. The Bertz CT molecular complexity index is 805. The lowest BCUT2D eigenvalue weighted by Gasteiger charge is -2.14. The first-order chi connectivity index (χ1) is 11.4. The highest BCUT2D eigenvalue weighted by Gasteiger charge is 2.13. The predicted octanol–water partition coefficient (Wildman–Crippen LogP) is 1.49. The van der Waals surface area contributed by atoms with Crippen LogP contribution < -0.4 is 20.5 Å². The minimum Gasteiger partial charge on any atom is -0.545 e. The number of carbonyl (C=O) groups is 2. The molecule has 0 unspecified atom stereocenters. The molecule has 2 rings (SSSR count). The number of rotatable bonds is 4. The molecule has 0 aliphatic rings. The lowest BCUT2D eigenvalue weighted by atomic mass is 10.1. The Morgan fingerprint density at radius 1 is 1.17 bits per heavy atom. The third kappa shape index (κ3) is 4.08. The van der Waals surface area contributed by atoms with Crippen LogP contribution in [-0.2, 0) is 0 Å². The maximum atomic E-state index is 12.3. The highest BCUT2D eigenvalue weighted by atomic mass is 32.1. The van der Waals surface area contributed by atoms with E-state index in [1.165, 1.54) is 19.2 Å². The average molecular weight is 343 g/mol. The van der Waals surface area contributed by atoms with Crippen molar-refractivity contribution in [3.63, 3.8) is 0 Å². The molecular formula is C17H15N2O4S-. The van der Waals surface area contributed by atoms with Crippen molar-refractivity contribution < 1.29 is 19.4 Å². The summed E-state index contributed by atoms with van der Waals surface area (Å²) in [6, 6.07) is 11.2. The SMILES string of the molecule is COc1ccccc1C(=O)NC(=S)Nc1cc(C(=O)[O-])ccc1C. The summed E-state index contributed by atoms with van der Waals surface area (Å²) >= 11 is 5.11. The summed E-state index contributed by atoms with van der Waals surface area (Å²) in [6.07, 6.45) is 0. The molecule has 0 aliphatic heterocycles. The predicted molar refractivity (Wildman–Crippen MR) is 92.2 cm³/mol. The Hall–Kier alpha value is -2.93. The minimum absolute atomic E-state index is 0.0157. The summed E-state index contributed by atoms with van der Waals surface area (Å²) in [5.41, 5.74) is 1.60. The van der Waals surface area contributed by atoms with E-state index in [0.717, 1.165) is 5.56 Å². The zero-order valence-electron chi connectivity index (χ0n) is 13.1. The van der Waals surface area contributed by atoms with E-state index in [-0.39, 0.29) is 10.7 Å². The highest BCUT2D eigenvalue weighted by Crippen LogP contribution is 2.18. The van der Waals surface area contributed by atoms with Gasteiger partial charge in [0.1, 0.15) is 5.75 Å². The van der Waals surface area contributed by atoms with Crippen LogP contribution in [0, 0.1) is 6.92 Å². The average Bonchev–Trinajstić information content (AvgIpc) is 2.56. The molecular weight excluding hydrogens is 328 g/mol. The maximum absolute atomic E-state index is 12.3. The number of hydrogen-bond donors (Lipinski definition) is 2. The molecule has 0 saturated heterocycles. The number of amides is 1. The molecule has 1 amide bonds. The van der Waals surface area contributed by atoms with Crippen molar-refractivity contribution in [2.45, 2.75) is 6.92 Å². The van der Waals surface area contributed by atoms with Crippen molar-refractivity contribution in [3.8, 4) is 5.75 Å². The van der Waals surface area contributed by atoms with E-state index in [1.807, 2.05) is 0 Å². The number of nitrogens with one attached hydrogen (secondary N) is 2. The minimum atomic E-state index is -1.29. The van der Waals surface area contributed by atoms with Gasteiger partial charge in [0.15, 0.2) is 5.11 Å². The third-order valence-electron chi connectivity index (χ3n) is 3.30. The van der Waals surface area contributed by atoms with Crippen molar-refractivity contribution in [2.24, 2.45) is 0 Å². The van der Waals surface area contributed by atoms with E-state index >= 15 is 0 Å². The third-order valence-corrected chi connectivity index (χ3v) is 3.50. The molecule has 0 atom stereocenters. The largest absolute Gasteiger partial charge is 0.545 e. The molecule has 6 nitrogen and oxygen atoms in total. The van der Waals surface area contributed by atoms with Crippen molar-refractivity contribution in [3.05, 3.63) is 59.2 Å². The molecule has 0 fully saturated rings. The maximum Gasteiger partial charge on any atom is 0.261 e. The number of anilines is 1. The summed E-state index contributed by atoms with van der Waals surface area (Å²) in [5, 5.41) is 16.3. The first-order valence-electron chi connectivity index (χ1n) is 6.99. The number of methoxy groups -OCH3 is 1. The number of carboxylic acid groups (broad SMARTS) is 1. The second-order valence-corrected chi connectivity index (χ2v) is 5.33. The number of hydrogen-bond acceptors (Lipinski definition) is 5. The standard InChI is InChI=1S/C17H16N2O4S/c1-10-7-8-11(16(21)22)9-13(10)18-17(24)19-15(20)12-5-3-4-6-14(12)23-2/h3-9H,1-2H3,(H,21,22)(H2,18,19,20,24)/p-1. The molecule has 7 heteroatoms. The molecule has 0 heterocycles. The van der Waals surface area contributed by atoms with Gasteiger partial charge in [-0.2, -0.15) is 0 Å². The van der Waals surface area contributed by atoms with Crippen LogP contribution >= 0.6 is 12.2 Å². The molecule has 124 valence electrons. The summed E-state index contributed by atoms with van der Waals surface area (Å²) in [6.45, 7) is 1.78. The topological polar surface area (TPSA) is 90.5 Å². The van der Waals surface area contributed by atoms with E-state index in [4.69, 9.17) is 17.0 Å². The van der Waals surface area contributed by atoms with Gasteiger partial charge < -0.3 is 20.0 Å². The van der Waals surface area contributed by atoms with Crippen LogP contribution in [0.5, 0.6) is 5.75 Å². The van der Waals surface area contributed by atoms with Crippen LogP contribution in [0.3, 0.4) is 0 Å². The molecule has 2 aromatic rings. The van der Waals surface area contributed by atoms with Gasteiger partial charge >= 0.3 is 0 Å². The van der Waals surface area contributed by atoms with E-state index in [0.29, 0.717) is 17.0 Å². The Balaban J connectivity index is 2.12. The number of ether oxygens (including phenoxy) is 1. The summed E-state index contributed by atoms with van der Waals surface area (Å²) < 4.78 is 5.13. The van der Waals surface area contributed by atoms with Gasteiger partial charge in [-0.1, -0.05) is 24.3 Å². The van der Waals surface area contributed by atoms with Gasteiger partial charge in [0, 0.05) is 5.69 Å². The van der Waals surface area contributed by atoms with Crippen LogP contribution in [-0.4, -0.2) is 24.1 Å². The molecule has 24 heavy (non-hydrogen) atoms. The molecule has 2 N–H and O–H groups in total. The second kappa shape index (κ2) is 7.56. The summed E-state index contributed by atoms with van der Waals surface area (Å²) in [5.74, 6) is -1.30. The fraction of sp³-hybridized carbons (Fsp3) is 0.118. The lowest BCUT2D eigenvalue weighted by molar-refractivity contribution is -0.255. The van der Waals surface area contributed by atoms with Gasteiger partial charge in [0.25, 0.3) is 5.91 Å². The molecule has 0 aromatic heterocycles. The fourth-order valence-electron chi connectivity index (χ4n) is 2.04. The van der Waals surface area contributed by atoms with Gasteiger partial charge in [-0.3, -0.25) is 10.1 Å². The lowest BCUT2D eigenvalue weighted by Crippen LogP contribution is -2.34. The van der Waals surface area contributed by atoms with Gasteiger partial charge in [-0.15, -0.1) is 0 Å². The van der Waals surface area contributed by atoms with E-state index < -0.39 is 11.9 Å². The van der Waals surface area contributed by atoms with Gasteiger partial charge in [0.2, 0.25) is 0 Å². The molecule has 0 bridgehead atoms. The molecule has 0 spiro atoms. The molecule has 0 aliphatic carbocycles. The van der Waals surface area contributed by atoms with E-state index in [2.05, 4.69) is 10.6 Å². The zero-order valence-corrected chi connectivity index (χ0v) is 13.9. The summed E-state index contributed by atoms with van der Waals surface area (Å²) in [7, 11) is 1.47. The second-order valence-electron chi connectivity index (χ2n) is 4.93. The Labute approximate surface area is 144 Å². The first kappa shape index (κ1) is 17.4. The van der Waals surface area contributed by atoms with Gasteiger partial charge in [0.05, 0.1) is 18.6 Å². The quantitative estimate of drug-likeness (QED) is 0.818. The van der Waals surface area contributed by atoms with Crippen molar-refractivity contribution in [1.29, 1.82) is 0 Å². The van der Waals surface area contributed by atoms with E-state index in [1.54, 1.807) is 37.3 Å². The normalized spacial score (nSPS) is 9.92. The molecule has 2 aromatic carbocycles. The van der Waals surface area contributed by atoms with Crippen LogP contribution in [0.15, 0.2) is 42.5 Å². The van der Waals surface area contributed by atoms with Crippen molar-refractivity contribution in [1.82, 2.24) is 5.32 Å². The van der Waals surface area contributed by atoms with Crippen molar-refractivity contribution in [2.75, 3.05) is 12.4 Å². The number of aryl methyl sites for hydroxylation is 1. The van der Waals surface area contributed by atoms with Crippen molar-refractivity contribution >= 4 is 34.9 Å². The Kier molecular flexibility index (Phi) is 5.49.